The summed E-state index contributed by atoms with van der Waals surface area (Å²) < 4.78 is 0. The molecule has 0 amide bonds. The lowest BCUT2D eigenvalue weighted by Crippen LogP contribution is -2.30. The van der Waals surface area contributed by atoms with Gasteiger partial charge in [0.1, 0.15) is 0 Å². The zero-order chi connectivity index (χ0) is 10.4. The van der Waals surface area contributed by atoms with Crippen LogP contribution in [0.5, 0.6) is 0 Å². The lowest BCUT2D eigenvalue weighted by Gasteiger charge is -2.17. The highest BCUT2D eigenvalue weighted by Crippen LogP contribution is 2.43. The molecule has 0 aliphatic heterocycles. The van der Waals surface area contributed by atoms with Crippen molar-refractivity contribution >= 4 is 18.2 Å². The summed E-state index contributed by atoms with van der Waals surface area (Å²) in [4.78, 5) is 11.4. The highest BCUT2D eigenvalue weighted by molar-refractivity contribution is 5.93. The fourth-order valence-corrected chi connectivity index (χ4v) is 3.38. The van der Waals surface area contributed by atoms with Crippen molar-refractivity contribution in [3.05, 3.63) is 23.3 Å². The van der Waals surface area contributed by atoms with Gasteiger partial charge in [0, 0.05) is 12.5 Å². The third-order valence-electron chi connectivity index (χ3n) is 4.30. The SMILES string of the molecule is Cl.NC1C2CCC1CC1=C(C=CC(=O)C1)C2. The molecule has 1 fully saturated rings. The van der Waals surface area contributed by atoms with Gasteiger partial charge in [-0.2, -0.15) is 0 Å². The lowest BCUT2D eigenvalue weighted by molar-refractivity contribution is -0.114. The van der Waals surface area contributed by atoms with Crippen LogP contribution in [0.3, 0.4) is 0 Å². The van der Waals surface area contributed by atoms with Gasteiger partial charge in [-0.05, 0) is 49.2 Å². The summed E-state index contributed by atoms with van der Waals surface area (Å²) in [5.41, 5.74) is 9.03. The number of ketones is 1. The maximum atomic E-state index is 11.4. The molecule has 1 saturated carbocycles. The molecule has 88 valence electrons. The second-order valence-electron chi connectivity index (χ2n) is 5.19. The molecule has 2 N–H and O–H groups in total. The number of nitrogens with two attached hydrogens (primary N) is 1. The first-order valence-corrected chi connectivity index (χ1v) is 5.91. The molecule has 0 aromatic carbocycles. The van der Waals surface area contributed by atoms with Crippen LogP contribution in [0.15, 0.2) is 23.3 Å². The Labute approximate surface area is 102 Å². The monoisotopic (exact) mass is 239 g/mol. The van der Waals surface area contributed by atoms with E-state index >= 15 is 0 Å². The van der Waals surface area contributed by atoms with Gasteiger partial charge in [-0.15, -0.1) is 12.4 Å². The van der Waals surface area contributed by atoms with Crippen LogP contribution in [0.4, 0.5) is 0 Å². The van der Waals surface area contributed by atoms with E-state index in [0.29, 0.717) is 24.3 Å². The normalized spacial score (nSPS) is 36.8. The van der Waals surface area contributed by atoms with Crippen LogP contribution in [0, 0.1) is 11.8 Å². The molecule has 2 bridgehead atoms. The van der Waals surface area contributed by atoms with Crippen molar-refractivity contribution in [2.75, 3.05) is 0 Å². The van der Waals surface area contributed by atoms with Gasteiger partial charge in [-0.3, -0.25) is 4.79 Å². The summed E-state index contributed by atoms with van der Waals surface area (Å²) in [6, 6.07) is 0.374. The predicted octanol–water partition coefficient (Wildman–Crippen LogP) is 2.38. The number of allylic oxidation sites excluding steroid dienone is 4. The maximum Gasteiger partial charge on any atom is 0.159 e. The fraction of sp³-hybridized carbons (Fsp3) is 0.615. The van der Waals surface area contributed by atoms with Gasteiger partial charge < -0.3 is 5.73 Å². The van der Waals surface area contributed by atoms with E-state index in [9.17, 15) is 4.79 Å². The lowest BCUT2D eigenvalue weighted by atomic mass is 9.87. The summed E-state index contributed by atoms with van der Waals surface area (Å²) in [5, 5.41) is 0. The Morgan fingerprint density at radius 2 is 1.81 bits per heavy atom. The standard InChI is InChI=1S/C13H17NO.ClH/c14-13-9-1-2-10(13)6-11-7-12(15)4-3-8(11)5-9;/h3-4,9-10,13H,1-2,5-7,14H2;1H. The highest BCUT2D eigenvalue weighted by atomic mass is 35.5. The average molecular weight is 240 g/mol. The number of hydrogen-bond acceptors (Lipinski definition) is 2. The van der Waals surface area contributed by atoms with Crippen LogP contribution in [0.1, 0.15) is 32.1 Å². The molecule has 0 radical (unpaired) electrons. The first kappa shape index (κ1) is 11.9. The van der Waals surface area contributed by atoms with E-state index in [2.05, 4.69) is 0 Å². The first-order valence-electron chi connectivity index (χ1n) is 5.91. The van der Waals surface area contributed by atoms with E-state index in [4.69, 9.17) is 5.73 Å². The predicted molar refractivity (Wildman–Crippen MR) is 66.5 cm³/mol. The Kier molecular flexibility index (Phi) is 3.22. The van der Waals surface area contributed by atoms with Crippen molar-refractivity contribution in [3.8, 4) is 0 Å². The zero-order valence-corrected chi connectivity index (χ0v) is 10.1. The van der Waals surface area contributed by atoms with Crippen molar-refractivity contribution in [1.29, 1.82) is 0 Å². The van der Waals surface area contributed by atoms with E-state index in [1.165, 1.54) is 24.0 Å². The maximum absolute atomic E-state index is 11.4. The number of rotatable bonds is 0. The molecule has 0 spiro atoms. The van der Waals surface area contributed by atoms with Crippen LogP contribution >= 0.6 is 12.4 Å². The fourth-order valence-electron chi connectivity index (χ4n) is 3.38. The molecule has 2 nitrogen and oxygen atoms in total. The van der Waals surface area contributed by atoms with Gasteiger partial charge in [0.25, 0.3) is 0 Å². The topological polar surface area (TPSA) is 43.1 Å². The molecule has 3 aliphatic rings. The minimum atomic E-state index is 0. The quantitative estimate of drug-likeness (QED) is 0.705. The Bertz CT molecular complexity index is 372. The number of fused-ring (bicyclic) bond motifs is 2. The molecular formula is C13H18ClNO. The van der Waals surface area contributed by atoms with Gasteiger partial charge in [0.2, 0.25) is 0 Å². The number of halogens is 1. The van der Waals surface area contributed by atoms with Gasteiger partial charge in [0.15, 0.2) is 5.78 Å². The molecular weight excluding hydrogens is 222 g/mol. The average Bonchev–Trinajstić information content (AvgIpc) is 2.44. The van der Waals surface area contributed by atoms with Crippen LogP contribution in [0.25, 0.3) is 0 Å². The summed E-state index contributed by atoms with van der Waals surface area (Å²) >= 11 is 0. The molecule has 3 rings (SSSR count). The summed E-state index contributed by atoms with van der Waals surface area (Å²) in [7, 11) is 0. The van der Waals surface area contributed by atoms with Crippen LogP contribution in [0.2, 0.25) is 0 Å². The summed E-state index contributed by atoms with van der Waals surface area (Å²) in [5.74, 6) is 1.57. The molecule has 3 atom stereocenters. The van der Waals surface area contributed by atoms with Crippen molar-refractivity contribution in [2.24, 2.45) is 17.6 Å². The van der Waals surface area contributed by atoms with Crippen LogP contribution in [-0.2, 0) is 4.79 Å². The Hall–Kier alpha value is -0.600. The van der Waals surface area contributed by atoms with Crippen molar-refractivity contribution < 1.29 is 4.79 Å². The molecule has 0 aromatic rings. The molecule has 16 heavy (non-hydrogen) atoms. The highest BCUT2D eigenvalue weighted by Gasteiger charge is 2.37. The molecule has 3 heteroatoms. The third-order valence-corrected chi connectivity index (χ3v) is 4.30. The van der Waals surface area contributed by atoms with E-state index in [1.807, 2.05) is 6.08 Å². The van der Waals surface area contributed by atoms with Gasteiger partial charge in [-0.1, -0.05) is 11.6 Å². The minimum Gasteiger partial charge on any atom is -0.327 e. The Morgan fingerprint density at radius 3 is 2.56 bits per heavy atom. The first-order chi connectivity index (χ1) is 7.24. The van der Waals surface area contributed by atoms with Crippen molar-refractivity contribution in [2.45, 2.75) is 38.1 Å². The van der Waals surface area contributed by atoms with Gasteiger partial charge >= 0.3 is 0 Å². The summed E-state index contributed by atoms with van der Waals surface area (Å²) in [6.45, 7) is 0. The van der Waals surface area contributed by atoms with Gasteiger partial charge in [-0.25, -0.2) is 0 Å². The summed E-state index contributed by atoms with van der Waals surface area (Å²) in [6.07, 6.45) is 9.16. The van der Waals surface area contributed by atoms with Crippen LogP contribution in [-0.4, -0.2) is 11.8 Å². The number of hydrogen-bond donors (Lipinski definition) is 1. The molecule has 3 aliphatic carbocycles. The molecule has 0 heterocycles. The molecule has 3 unspecified atom stereocenters. The van der Waals surface area contributed by atoms with Crippen molar-refractivity contribution in [3.63, 3.8) is 0 Å². The molecule has 0 saturated heterocycles. The second kappa shape index (κ2) is 4.34. The Balaban J connectivity index is 0.000000963. The van der Waals surface area contributed by atoms with E-state index in [-0.39, 0.29) is 18.2 Å². The van der Waals surface area contributed by atoms with Gasteiger partial charge in [0.05, 0.1) is 0 Å². The van der Waals surface area contributed by atoms with E-state index in [1.54, 1.807) is 6.08 Å². The smallest absolute Gasteiger partial charge is 0.159 e. The Morgan fingerprint density at radius 1 is 1.12 bits per heavy atom. The number of carbonyl (C=O) groups is 1. The largest absolute Gasteiger partial charge is 0.327 e. The second-order valence-corrected chi connectivity index (χ2v) is 5.19. The van der Waals surface area contributed by atoms with E-state index < -0.39 is 0 Å². The molecule has 0 aromatic heterocycles. The van der Waals surface area contributed by atoms with Crippen molar-refractivity contribution in [1.82, 2.24) is 0 Å². The van der Waals surface area contributed by atoms with Crippen LogP contribution < -0.4 is 5.73 Å². The zero-order valence-electron chi connectivity index (χ0n) is 9.32. The minimum absolute atomic E-state index is 0. The number of carbonyl (C=O) groups excluding carboxylic acids is 1. The van der Waals surface area contributed by atoms with E-state index in [0.717, 1.165) is 12.8 Å². The third kappa shape index (κ3) is 1.85.